The van der Waals surface area contributed by atoms with Gasteiger partial charge in [0.2, 0.25) is 0 Å². The predicted molar refractivity (Wildman–Crippen MR) is 148 cm³/mol. The van der Waals surface area contributed by atoms with Crippen LogP contribution in [-0.2, 0) is 0 Å². The number of benzene rings is 1. The summed E-state index contributed by atoms with van der Waals surface area (Å²) in [6.07, 6.45) is 7.30. The number of phenolic OH excluding ortho intramolecular Hbond substituents is 1. The summed E-state index contributed by atoms with van der Waals surface area (Å²) in [5.74, 6) is 0.113. The van der Waals surface area contributed by atoms with Crippen LogP contribution in [0.4, 0.5) is 0 Å². The van der Waals surface area contributed by atoms with Gasteiger partial charge < -0.3 is 10.4 Å². The van der Waals surface area contributed by atoms with Gasteiger partial charge >= 0.3 is 0 Å². The summed E-state index contributed by atoms with van der Waals surface area (Å²) in [4.78, 5) is 8.55. The zero-order chi connectivity index (χ0) is 26.3. The van der Waals surface area contributed by atoms with Crippen LogP contribution in [0.1, 0.15) is 74.8 Å². The van der Waals surface area contributed by atoms with E-state index in [1.165, 1.54) is 0 Å². The fourth-order valence-electron chi connectivity index (χ4n) is 5.62. The Bertz CT molecular complexity index is 1330. The summed E-state index contributed by atoms with van der Waals surface area (Å²) < 4.78 is 2.03. The van der Waals surface area contributed by atoms with E-state index >= 15 is 0 Å². The molecule has 2 N–H and O–H groups in total. The minimum Gasteiger partial charge on any atom is -0.507 e. The number of hydrogen-bond donors (Lipinski definition) is 2. The smallest absolute Gasteiger partial charge is 0.125 e. The molecule has 0 unspecified atom stereocenters. The highest BCUT2D eigenvalue weighted by Gasteiger charge is 2.39. The van der Waals surface area contributed by atoms with Crippen LogP contribution in [0.2, 0.25) is 0 Å². The molecule has 3 aromatic rings. The summed E-state index contributed by atoms with van der Waals surface area (Å²) in [6.45, 7) is 20.5. The predicted octanol–water partition coefficient (Wildman–Crippen LogP) is 5.99. The second-order valence-corrected chi connectivity index (χ2v) is 10.9. The lowest BCUT2D eigenvalue weighted by Crippen LogP contribution is -2.58. The van der Waals surface area contributed by atoms with E-state index < -0.39 is 0 Å². The maximum atomic E-state index is 10.9. The van der Waals surface area contributed by atoms with Crippen molar-refractivity contribution < 1.29 is 5.11 Å². The number of nitrogens with zero attached hydrogens (tertiary/aromatic N) is 5. The molecule has 1 aliphatic rings. The van der Waals surface area contributed by atoms with Crippen molar-refractivity contribution in [1.82, 2.24) is 25.3 Å². The average Bonchev–Trinajstić information content (AvgIpc) is 3.15. The van der Waals surface area contributed by atoms with Gasteiger partial charge in [-0.05, 0) is 96.5 Å². The largest absolute Gasteiger partial charge is 0.507 e. The average molecular weight is 485 g/mol. The molecule has 0 spiro atoms. The number of aromatic hydroxyl groups is 1. The second kappa shape index (κ2) is 9.47. The molecule has 0 saturated carbocycles. The lowest BCUT2D eigenvalue weighted by molar-refractivity contribution is 0.124. The highest BCUT2D eigenvalue weighted by molar-refractivity contribution is 5.86. The first-order valence-electron chi connectivity index (χ1n) is 12.3. The molecule has 1 aromatic carbocycles. The molecule has 188 valence electrons. The summed E-state index contributed by atoms with van der Waals surface area (Å²) in [5, 5.41) is 23.6. The van der Waals surface area contributed by atoms with Crippen LogP contribution in [-0.4, -0.2) is 42.9 Å². The molecule has 36 heavy (non-hydrogen) atoms. The number of aromatic nitrogens is 4. The molecule has 0 amide bonds. The van der Waals surface area contributed by atoms with Gasteiger partial charge in [0.25, 0.3) is 0 Å². The zero-order valence-electron chi connectivity index (χ0n) is 22.1. The van der Waals surface area contributed by atoms with Crippen molar-refractivity contribution in [3.8, 4) is 16.9 Å². The first-order valence-corrected chi connectivity index (χ1v) is 12.3. The first kappa shape index (κ1) is 25.5. The molecule has 2 aromatic heterocycles. The normalized spacial score (nSPS) is 17.7. The number of piperidine rings is 1. The Balaban J connectivity index is 1.68. The van der Waals surface area contributed by atoms with Crippen LogP contribution < -0.4 is 5.32 Å². The number of nitrogens with one attached hydrogen (secondary N) is 1. The topological polar surface area (TPSA) is 88.2 Å². The lowest BCUT2D eigenvalue weighted by atomic mass is 9.79. The highest BCUT2D eigenvalue weighted by atomic mass is 16.3. The molecule has 1 saturated heterocycles. The number of rotatable bonds is 6. The molecule has 0 aliphatic carbocycles. The third-order valence-corrected chi connectivity index (χ3v) is 6.90. The van der Waals surface area contributed by atoms with Crippen LogP contribution in [0, 0.1) is 13.8 Å². The monoisotopic (exact) mass is 484 g/mol. The van der Waals surface area contributed by atoms with E-state index in [0.29, 0.717) is 17.0 Å². The van der Waals surface area contributed by atoms with Crippen molar-refractivity contribution in [1.29, 1.82) is 0 Å². The Morgan fingerprint density at radius 1 is 1.17 bits per heavy atom. The van der Waals surface area contributed by atoms with Gasteiger partial charge in [0.15, 0.2) is 0 Å². The minimum atomic E-state index is 0.000989. The van der Waals surface area contributed by atoms with Gasteiger partial charge in [0.1, 0.15) is 11.4 Å². The van der Waals surface area contributed by atoms with Gasteiger partial charge in [-0.15, -0.1) is 5.10 Å². The molecule has 0 atom stereocenters. The van der Waals surface area contributed by atoms with Gasteiger partial charge in [-0.25, -0.2) is 4.68 Å². The molecule has 3 heterocycles. The van der Waals surface area contributed by atoms with E-state index in [1.54, 1.807) is 18.3 Å². The van der Waals surface area contributed by atoms with Crippen LogP contribution in [0.5, 0.6) is 5.75 Å². The summed E-state index contributed by atoms with van der Waals surface area (Å²) in [7, 11) is 0. The van der Waals surface area contributed by atoms with E-state index in [-0.39, 0.29) is 22.9 Å². The number of hydrogen-bond acceptors (Lipinski definition) is 6. The van der Waals surface area contributed by atoms with Crippen LogP contribution in [0.15, 0.2) is 42.0 Å². The minimum absolute atomic E-state index is 0.000989. The standard InChI is InChI=1S/C29H36N6O/c1-9-22-18(2)31-13-12-23(22)20-10-11-24(27(36)14-20)26(30-8)15-25-19(3)35(34-32-25)21-16-28(4,5)33-29(6,7)17-21/h9-15,21,33,36H,1,8,16-17H2,2-7H3/b26-15-. The third-order valence-electron chi connectivity index (χ3n) is 6.90. The molecular formula is C29H36N6O. The lowest BCUT2D eigenvalue weighted by Gasteiger charge is -2.46. The van der Waals surface area contributed by atoms with Crippen molar-refractivity contribution in [2.24, 2.45) is 4.99 Å². The van der Waals surface area contributed by atoms with E-state index in [0.717, 1.165) is 40.9 Å². The van der Waals surface area contributed by atoms with Gasteiger partial charge in [-0.1, -0.05) is 23.9 Å². The molecule has 0 radical (unpaired) electrons. The Morgan fingerprint density at radius 2 is 1.86 bits per heavy atom. The number of aliphatic imine (C=N–C) groups is 1. The Hall–Kier alpha value is -3.58. The van der Waals surface area contributed by atoms with Crippen molar-refractivity contribution in [3.63, 3.8) is 0 Å². The molecule has 1 fully saturated rings. The van der Waals surface area contributed by atoms with Crippen LogP contribution in [0.3, 0.4) is 0 Å². The van der Waals surface area contributed by atoms with Crippen LogP contribution in [0.25, 0.3) is 29.0 Å². The van der Waals surface area contributed by atoms with E-state index in [2.05, 4.69) is 66.6 Å². The highest BCUT2D eigenvalue weighted by Crippen LogP contribution is 2.37. The number of pyridine rings is 1. The van der Waals surface area contributed by atoms with Crippen molar-refractivity contribution in [2.75, 3.05) is 0 Å². The maximum absolute atomic E-state index is 10.9. The number of phenols is 1. The third kappa shape index (κ3) is 5.02. The van der Waals surface area contributed by atoms with Gasteiger partial charge in [0, 0.05) is 34.1 Å². The molecular weight excluding hydrogens is 448 g/mol. The summed E-state index contributed by atoms with van der Waals surface area (Å²) >= 11 is 0. The van der Waals surface area contributed by atoms with E-state index in [1.807, 2.05) is 42.8 Å². The van der Waals surface area contributed by atoms with Gasteiger partial charge in [-0.3, -0.25) is 9.98 Å². The van der Waals surface area contributed by atoms with Crippen molar-refractivity contribution >= 4 is 24.6 Å². The molecule has 7 nitrogen and oxygen atoms in total. The second-order valence-electron chi connectivity index (χ2n) is 10.9. The Morgan fingerprint density at radius 3 is 2.47 bits per heavy atom. The maximum Gasteiger partial charge on any atom is 0.125 e. The van der Waals surface area contributed by atoms with Gasteiger partial charge in [-0.2, -0.15) is 0 Å². The Labute approximate surface area is 213 Å². The number of aryl methyl sites for hydroxylation is 1. The first-order chi connectivity index (χ1) is 16.9. The van der Waals surface area contributed by atoms with Gasteiger partial charge in [0.05, 0.1) is 17.4 Å². The molecule has 1 aliphatic heterocycles. The molecule has 7 heteroatoms. The van der Waals surface area contributed by atoms with Crippen LogP contribution >= 0.6 is 0 Å². The Kier molecular flexibility index (Phi) is 6.71. The van der Waals surface area contributed by atoms with E-state index in [9.17, 15) is 5.11 Å². The quantitative estimate of drug-likeness (QED) is 0.420. The SMILES string of the molecule is C=Cc1c(-c2ccc(/C(=C/c3nnn(C4CC(C)(C)NC(C)(C)C4)c3C)N=C)c(O)c2)ccnc1C. The summed E-state index contributed by atoms with van der Waals surface area (Å²) in [5.41, 5.74) is 6.47. The van der Waals surface area contributed by atoms with Crippen molar-refractivity contribution in [2.45, 2.75) is 71.5 Å². The molecule has 0 bridgehead atoms. The fourth-order valence-corrected chi connectivity index (χ4v) is 5.62. The molecule has 4 rings (SSSR count). The fraction of sp³-hybridized carbons (Fsp3) is 0.379. The van der Waals surface area contributed by atoms with E-state index in [4.69, 9.17) is 0 Å². The van der Waals surface area contributed by atoms with Crippen molar-refractivity contribution in [3.05, 3.63) is 65.2 Å². The zero-order valence-corrected chi connectivity index (χ0v) is 22.1. The summed E-state index contributed by atoms with van der Waals surface area (Å²) in [6, 6.07) is 7.71.